The summed E-state index contributed by atoms with van der Waals surface area (Å²) in [6.45, 7) is 21.4. The summed E-state index contributed by atoms with van der Waals surface area (Å²) in [5.41, 5.74) is 6.14. The average Bonchev–Trinajstić information content (AvgIpc) is 3.89. The Morgan fingerprint density at radius 3 is 1.58 bits per heavy atom. The van der Waals surface area contributed by atoms with Crippen molar-refractivity contribution in [3.63, 3.8) is 0 Å². The fourth-order valence-corrected chi connectivity index (χ4v) is 8.53. The lowest BCUT2D eigenvalue weighted by molar-refractivity contribution is -0.261. The number of hydrogen-bond donors (Lipinski definition) is 2. The van der Waals surface area contributed by atoms with Crippen LogP contribution in [0.25, 0.3) is 22.5 Å². The average molecular weight is 881 g/mol. The van der Waals surface area contributed by atoms with Crippen LogP contribution < -0.4 is 5.32 Å². The van der Waals surface area contributed by atoms with Gasteiger partial charge in [-0.25, -0.2) is 14.8 Å². The Balaban J connectivity index is 0.000000194. The van der Waals surface area contributed by atoms with Crippen LogP contribution in [-0.4, -0.2) is 80.5 Å². The number of cyclic esters (lactones) is 1. The summed E-state index contributed by atoms with van der Waals surface area (Å²) < 4.78 is 21.6. The van der Waals surface area contributed by atoms with Crippen LogP contribution >= 0.6 is 0 Å². The summed E-state index contributed by atoms with van der Waals surface area (Å²) in [7, 11) is 0. The summed E-state index contributed by atoms with van der Waals surface area (Å²) in [5.74, 6) is 1.59. The van der Waals surface area contributed by atoms with Crippen molar-refractivity contribution in [1.29, 1.82) is 0 Å². The molecule has 0 spiro atoms. The summed E-state index contributed by atoms with van der Waals surface area (Å²) in [4.78, 5) is 24.8. The SMILES string of the molecule is CC(C)(C)[C@H](c1nc(-c2ccccc2)cn1Cc1ccccc1)N1CC(CO)COC1=O.CC1(C)OCC(CN[C@@H](c2nc(-c3ccccc3)cn2Cc2ccccc2)C(C)(C)C)CO1. The summed E-state index contributed by atoms with van der Waals surface area (Å²) in [6.07, 6.45) is 3.90. The highest BCUT2D eigenvalue weighted by atomic mass is 16.7. The van der Waals surface area contributed by atoms with Crippen molar-refractivity contribution in [2.24, 2.45) is 22.7 Å². The maximum atomic E-state index is 12.8. The molecule has 2 aliphatic heterocycles. The van der Waals surface area contributed by atoms with Gasteiger partial charge in [-0.15, -0.1) is 0 Å². The molecule has 0 aliphatic carbocycles. The highest BCUT2D eigenvalue weighted by Crippen LogP contribution is 2.41. The minimum Gasteiger partial charge on any atom is -0.449 e. The molecule has 8 rings (SSSR count). The number of aliphatic hydroxyl groups excluding tert-OH is 1. The van der Waals surface area contributed by atoms with Crippen molar-refractivity contribution in [2.45, 2.75) is 86.4 Å². The van der Waals surface area contributed by atoms with Crippen LogP contribution in [0, 0.1) is 22.7 Å². The number of amides is 1. The van der Waals surface area contributed by atoms with E-state index in [1.54, 1.807) is 4.90 Å². The molecule has 2 saturated heterocycles. The van der Waals surface area contributed by atoms with Gasteiger partial charge in [-0.3, -0.25) is 4.90 Å². The van der Waals surface area contributed by atoms with Gasteiger partial charge in [-0.2, -0.15) is 0 Å². The van der Waals surface area contributed by atoms with E-state index in [1.807, 2.05) is 68.4 Å². The highest BCUT2D eigenvalue weighted by Gasteiger charge is 2.42. The lowest BCUT2D eigenvalue weighted by Gasteiger charge is -2.42. The van der Waals surface area contributed by atoms with Crippen molar-refractivity contribution in [2.75, 3.05) is 39.5 Å². The van der Waals surface area contributed by atoms with Crippen LogP contribution in [0.5, 0.6) is 0 Å². The number of nitrogens with zero attached hydrogens (tertiary/aromatic N) is 5. The van der Waals surface area contributed by atoms with Crippen molar-refractivity contribution in [3.8, 4) is 22.5 Å². The topological polar surface area (TPSA) is 116 Å². The van der Waals surface area contributed by atoms with E-state index >= 15 is 0 Å². The van der Waals surface area contributed by atoms with Gasteiger partial charge in [0.05, 0.1) is 49.9 Å². The second kappa shape index (κ2) is 20.7. The minimum absolute atomic E-state index is 0.0195. The highest BCUT2D eigenvalue weighted by molar-refractivity contribution is 5.69. The van der Waals surface area contributed by atoms with Crippen molar-refractivity contribution >= 4 is 6.09 Å². The van der Waals surface area contributed by atoms with E-state index in [2.05, 4.69) is 135 Å². The van der Waals surface area contributed by atoms with E-state index < -0.39 is 5.79 Å². The van der Waals surface area contributed by atoms with Crippen LogP contribution in [0.1, 0.15) is 90.2 Å². The summed E-state index contributed by atoms with van der Waals surface area (Å²) in [5, 5.41) is 13.5. The van der Waals surface area contributed by atoms with E-state index in [0.29, 0.717) is 32.2 Å². The zero-order valence-electron chi connectivity index (χ0n) is 39.5. The second-order valence-electron chi connectivity index (χ2n) is 20.1. The molecule has 3 atom stereocenters. The standard InChI is InChI=1S/C28H37N3O2.C26H31N3O3/c1-27(2,3)25(29-16-22-19-32-28(4,5)33-20-22)26-30-24(23-14-10-7-11-15-23)18-31(26)17-21-12-8-6-9-13-21;1-26(2,3)23(29-15-20(17-30)18-32-25(29)31)24-27-22(21-12-8-5-9-13-21)16-28(24)14-19-10-6-4-7-11-19/h6-15,18,22,25,29H,16-17,19-20H2,1-5H3;4-13,16,20,23,30H,14-15,17-18H2,1-3H3/t25-;20?,23-/m00/s1. The lowest BCUT2D eigenvalue weighted by Crippen LogP contribution is -2.50. The molecule has 11 nitrogen and oxygen atoms in total. The molecule has 1 amide bonds. The van der Waals surface area contributed by atoms with Gasteiger partial charge in [0.25, 0.3) is 0 Å². The Labute approximate surface area is 385 Å². The van der Waals surface area contributed by atoms with Gasteiger partial charge >= 0.3 is 6.09 Å². The molecule has 2 aromatic heterocycles. The van der Waals surface area contributed by atoms with E-state index in [1.165, 1.54) is 5.56 Å². The summed E-state index contributed by atoms with van der Waals surface area (Å²) >= 11 is 0. The molecule has 4 aromatic carbocycles. The first-order valence-electron chi connectivity index (χ1n) is 23.0. The molecular formula is C54H68N6O5. The molecule has 4 heterocycles. The van der Waals surface area contributed by atoms with Gasteiger partial charge < -0.3 is 33.8 Å². The van der Waals surface area contributed by atoms with Crippen LogP contribution in [0.2, 0.25) is 0 Å². The first-order valence-corrected chi connectivity index (χ1v) is 23.0. The van der Waals surface area contributed by atoms with E-state index in [9.17, 15) is 9.90 Å². The number of aromatic nitrogens is 4. The van der Waals surface area contributed by atoms with Gasteiger partial charge in [0, 0.05) is 61.5 Å². The van der Waals surface area contributed by atoms with Gasteiger partial charge in [0.1, 0.15) is 11.6 Å². The van der Waals surface area contributed by atoms with Crippen LogP contribution in [0.4, 0.5) is 4.79 Å². The Bertz CT molecular complexity index is 2390. The third-order valence-electron chi connectivity index (χ3n) is 12.0. The quantitative estimate of drug-likeness (QED) is 0.118. The molecule has 2 aliphatic rings. The Morgan fingerprint density at radius 1 is 0.662 bits per heavy atom. The first kappa shape index (κ1) is 47.4. The van der Waals surface area contributed by atoms with Crippen molar-refractivity contribution in [3.05, 3.63) is 156 Å². The summed E-state index contributed by atoms with van der Waals surface area (Å²) in [6, 6.07) is 41.1. The number of imidazole rings is 2. The molecule has 11 heteroatoms. The fourth-order valence-electron chi connectivity index (χ4n) is 8.53. The zero-order chi connectivity index (χ0) is 46.2. The fraction of sp³-hybridized carbons (Fsp3) is 0.426. The number of rotatable bonds is 13. The first-order chi connectivity index (χ1) is 31.1. The molecule has 344 valence electrons. The smallest absolute Gasteiger partial charge is 0.410 e. The molecular weight excluding hydrogens is 813 g/mol. The maximum absolute atomic E-state index is 12.8. The molecule has 2 N–H and O–H groups in total. The van der Waals surface area contributed by atoms with E-state index in [4.69, 9.17) is 24.2 Å². The van der Waals surface area contributed by atoms with Crippen molar-refractivity contribution < 1.29 is 24.1 Å². The van der Waals surface area contributed by atoms with Gasteiger partial charge in [0.15, 0.2) is 5.79 Å². The molecule has 2 fully saturated rings. The largest absolute Gasteiger partial charge is 0.449 e. The van der Waals surface area contributed by atoms with Crippen LogP contribution in [-0.2, 0) is 27.3 Å². The molecule has 0 saturated carbocycles. The predicted molar refractivity (Wildman–Crippen MR) is 257 cm³/mol. The van der Waals surface area contributed by atoms with Gasteiger partial charge in [-0.05, 0) is 35.8 Å². The Kier molecular flexibility index (Phi) is 15.1. The van der Waals surface area contributed by atoms with E-state index in [0.717, 1.165) is 52.8 Å². The molecule has 1 unspecified atom stereocenters. The van der Waals surface area contributed by atoms with Crippen LogP contribution in [0.15, 0.2) is 134 Å². The number of carbonyl (C=O) groups excluding carboxylic acids is 1. The third kappa shape index (κ3) is 12.4. The maximum Gasteiger partial charge on any atom is 0.410 e. The molecule has 65 heavy (non-hydrogen) atoms. The number of hydrogen-bond acceptors (Lipinski definition) is 8. The number of carbonyl (C=O) groups is 1. The monoisotopic (exact) mass is 881 g/mol. The molecule has 0 bridgehead atoms. The molecule has 0 radical (unpaired) electrons. The Morgan fingerprint density at radius 2 is 1.12 bits per heavy atom. The van der Waals surface area contributed by atoms with Gasteiger partial charge in [0.2, 0.25) is 0 Å². The minimum atomic E-state index is -0.490. The molecule has 6 aromatic rings. The number of nitrogens with one attached hydrogen (secondary N) is 1. The normalized spacial score (nSPS) is 17.8. The van der Waals surface area contributed by atoms with E-state index in [-0.39, 0.29) is 48.1 Å². The zero-order valence-corrected chi connectivity index (χ0v) is 39.5. The van der Waals surface area contributed by atoms with Crippen LogP contribution in [0.3, 0.4) is 0 Å². The number of benzene rings is 4. The number of ether oxygens (including phenoxy) is 3. The number of aliphatic hydroxyl groups is 1. The third-order valence-corrected chi connectivity index (χ3v) is 12.0. The second-order valence-corrected chi connectivity index (χ2v) is 20.1. The lowest BCUT2D eigenvalue weighted by atomic mass is 9.84. The van der Waals surface area contributed by atoms with Crippen molar-refractivity contribution in [1.82, 2.24) is 29.3 Å². The van der Waals surface area contributed by atoms with Gasteiger partial charge in [-0.1, -0.05) is 163 Å². The predicted octanol–water partition coefficient (Wildman–Crippen LogP) is 10.4. The Hall–Kier alpha value is -5.59.